The van der Waals surface area contributed by atoms with E-state index in [0.29, 0.717) is 6.42 Å². The van der Waals surface area contributed by atoms with Crippen molar-refractivity contribution < 1.29 is 9.47 Å². The molecule has 2 aromatic carbocycles. The second kappa shape index (κ2) is 7.78. The molecule has 1 atom stereocenters. The molecular formula is C16H20ClNO2. The molecule has 2 N–H and O–H groups in total. The van der Waals surface area contributed by atoms with Crippen LogP contribution >= 0.6 is 12.4 Å². The van der Waals surface area contributed by atoms with E-state index < -0.39 is 0 Å². The van der Waals surface area contributed by atoms with Crippen molar-refractivity contribution >= 4 is 12.4 Å². The molecule has 0 saturated carbocycles. The molecule has 0 spiro atoms. The molecule has 0 radical (unpaired) electrons. The van der Waals surface area contributed by atoms with E-state index in [-0.39, 0.29) is 18.4 Å². The Hall–Kier alpha value is -1.71. The fourth-order valence-electron chi connectivity index (χ4n) is 2.17. The Morgan fingerprint density at radius 2 is 1.65 bits per heavy atom. The predicted molar refractivity (Wildman–Crippen MR) is 83.9 cm³/mol. The lowest BCUT2D eigenvalue weighted by atomic mass is 9.99. The minimum absolute atomic E-state index is 0. The summed E-state index contributed by atoms with van der Waals surface area (Å²) in [5, 5.41) is 0. The largest absolute Gasteiger partial charge is 0.493 e. The quantitative estimate of drug-likeness (QED) is 0.919. The number of ether oxygens (including phenoxy) is 2. The molecule has 0 aliphatic carbocycles. The van der Waals surface area contributed by atoms with Crippen LogP contribution < -0.4 is 15.2 Å². The molecule has 2 aromatic rings. The number of hydrogen-bond acceptors (Lipinski definition) is 3. The fourth-order valence-corrected chi connectivity index (χ4v) is 2.17. The summed E-state index contributed by atoms with van der Waals surface area (Å²) in [6.45, 7) is 0. The van der Waals surface area contributed by atoms with Gasteiger partial charge in [0.2, 0.25) is 0 Å². The third-order valence-corrected chi connectivity index (χ3v) is 3.15. The van der Waals surface area contributed by atoms with Crippen molar-refractivity contribution in [1.29, 1.82) is 0 Å². The Morgan fingerprint density at radius 1 is 0.950 bits per heavy atom. The van der Waals surface area contributed by atoms with Gasteiger partial charge >= 0.3 is 0 Å². The number of rotatable bonds is 5. The van der Waals surface area contributed by atoms with Crippen LogP contribution in [-0.2, 0) is 6.42 Å². The highest BCUT2D eigenvalue weighted by atomic mass is 35.5. The molecule has 2 rings (SSSR count). The van der Waals surface area contributed by atoms with Gasteiger partial charge in [0.05, 0.1) is 14.2 Å². The van der Waals surface area contributed by atoms with Gasteiger partial charge in [0.25, 0.3) is 0 Å². The van der Waals surface area contributed by atoms with Crippen molar-refractivity contribution in [2.45, 2.75) is 12.5 Å². The molecule has 1 unspecified atom stereocenters. The maximum atomic E-state index is 6.25. The highest BCUT2D eigenvalue weighted by Crippen LogP contribution is 2.32. The van der Waals surface area contributed by atoms with Crippen molar-refractivity contribution in [3.8, 4) is 11.5 Å². The molecule has 0 fully saturated rings. The van der Waals surface area contributed by atoms with Gasteiger partial charge in [-0.25, -0.2) is 0 Å². The van der Waals surface area contributed by atoms with Gasteiger partial charge in [-0.05, 0) is 23.6 Å². The summed E-state index contributed by atoms with van der Waals surface area (Å²) in [5.41, 5.74) is 8.42. The smallest absolute Gasteiger partial charge is 0.163 e. The summed E-state index contributed by atoms with van der Waals surface area (Å²) in [5.74, 6) is 1.50. The Morgan fingerprint density at radius 3 is 2.25 bits per heavy atom. The topological polar surface area (TPSA) is 44.5 Å². The normalized spacial score (nSPS) is 11.3. The lowest BCUT2D eigenvalue weighted by Crippen LogP contribution is -2.13. The fraction of sp³-hybridized carbons (Fsp3) is 0.250. The van der Waals surface area contributed by atoms with Crippen LogP contribution in [0.1, 0.15) is 17.2 Å². The Kier molecular flexibility index (Phi) is 6.36. The Balaban J connectivity index is 0.00000200. The zero-order valence-electron chi connectivity index (χ0n) is 11.7. The van der Waals surface area contributed by atoms with E-state index in [0.717, 1.165) is 22.6 Å². The van der Waals surface area contributed by atoms with Gasteiger partial charge in [0.1, 0.15) is 0 Å². The molecule has 3 nitrogen and oxygen atoms in total. The molecule has 0 aliphatic rings. The van der Waals surface area contributed by atoms with Crippen LogP contribution in [0.25, 0.3) is 0 Å². The molecule has 0 aromatic heterocycles. The summed E-state index contributed by atoms with van der Waals surface area (Å²) >= 11 is 0. The van der Waals surface area contributed by atoms with Crippen molar-refractivity contribution in [1.82, 2.24) is 0 Å². The first kappa shape index (κ1) is 16.3. The van der Waals surface area contributed by atoms with Crippen LogP contribution in [-0.4, -0.2) is 14.2 Å². The molecule has 0 heterocycles. The van der Waals surface area contributed by atoms with E-state index >= 15 is 0 Å². The zero-order chi connectivity index (χ0) is 13.7. The van der Waals surface area contributed by atoms with Crippen LogP contribution in [0.2, 0.25) is 0 Å². The number of methoxy groups -OCH3 is 2. The molecule has 0 aliphatic heterocycles. The van der Waals surface area contributed by atoms with Crippen LogP contribution in [0, 0.1) is 0 Å². The molecule has 20 heavy (non-hydrogen) atoms. The SMILES string of the molecule is COc1cccc(CC(N)c2ccccc2)c1OC.Cl. The zero-order valence-corrected chi connectivity index (χ0v) is 12.5. The molecule has 0 bridgehead atoms. The van der Waals surface area contributed by atoms with Crippen molar-refractivity contribution in [3.05, 3.63) is 59.7 Å². The monoisotopic (exact) mass is 293 g/mol. The van der Waals surface area contributed by atoms with Gasteiger partial charge in [-0.2, -0.15) is 0 Å². The lowest BCUT2D eigenvalue weighted by Gasteiger charge is -2.16. The standard InChI is InChI=1S/C16H19NO2.ClH/c1-18-15-10-6-9-13(16(15)19-2)11-14(17)12-7-4-3-5-8-12;/h3-10,14H,11,17H2,1-2H3;1H. The van der Waals surface area contributed by atoms with E-state index in [4.69, 9.17) is 15.2 Å². The third-order valence-electron chi connectivity index (χ3n) is 3.15. The number of nitrogens with two attached hydrogens (primary N) is 1. The van der Waals surface area contributed by atoms with Crippen LogP contribution in [0.15, 0.2) is 48.5 Å². The number of benzene rings is 2. The van der Waals surface area contributed by atoms with Gasteiger partial charge in [-0.15, -0.1) is 12.4 Å². The predicted octanol–water partition coefficient (Wildman–Crippen LogP) is 3.37. The third kappa shape index (κ3) is 3.65. The number of hydrogen-bond donors (Lipinski definition) is 1. The van der Waals surface area contributed by atoms with Gasteiger partial charge in [0, 0.05) is 6.04 Å². The van der Waals surface area contributed by atoms with E-state index in [1.54, 1.807) is 14.2 Å². The summed E-state index contributed by atoms with van der Waals surface area (Å²) in [4.78, 5) is 0. The summed E-state index contributed by atoms with van der Waals surface area (Å²) in [7, 11) is 3.29. The Labute approximate surface area is 126 Å². The van der Waals surface area contributed by atoms with Gasteiger partial charge in [-0.3, -0.25) is 0 Å². The van der Waals surface area contributed by atoms with Gasteiger partial charge in [-0.1, -0.05) is 42.5 Å². The first-order chi connectivity index (χ1) is 9.26. The van der Waals surface area contributed by atoms with E-state index in [1.165, 1.54) is 0 Å². The molecule has 0 amide bonds. The minimum Gasteiger partial charge on any atom is -0.493 e. The van der Waals surface area contributed by atoms with Crippen molar-refractivity contribution in [2.75, 3.05) is 14.2 Å². The average Bonchev–Trinajstić information content (AvgIpc) is 2.47. The van der Waals surface area contributed by atoms with Crippen LogP contribution in [0.4, 0.5) is 0 Å². The van der Waals surface area contributed by atoms with Crippen molar-refractivity contribution in [3.63, 3.8) is 0 Å². The van der Waals surface area contributed by atoms with E-state index in [1.807, 2.05) is 48.5 Å². The first-order valence-corrected chi connectivity index (χ1v) is 6.26. The van der Waals surface area contributed by atoms with Crippen LogP contribution in [0.3, 0.4) is 0 Å². The first-order valence-electron chi connectivity index (χ1n) is 6.26. The second-order valence-electron chi connectivity index (χ2n) is 4.37. The maximum absolute atomic E-state index is 6.25. The van der Waals surface area contributed by atoms with Gasteiger partial charge < -0.3 is 15.2 Å². The Bertz CT molecular complexity index is 531. The average molecular weight is 294 g/mol. The lowest BCUT2D eigenvalue weighted by molar-refractivity contribution is 0.351. The molecule has 4 heteroatoms. The second-order valence-corrected chi connectivity index (χ2v) is 4.37. The minimum atomic E-state index is -0.0535. The summed E-state index contributed by atoms with van der Waals surface area (Å²) < 4.78 is 10.7. The highest BCUT2D eigenvalue weighted by Gasteiger charge is 2.13. The highest BCUT2D eigenvalue weighted by molar-refractivity contribution is 5.85. The maximum Gasteiger partial charge on any atom is 0.163 e. The summed E-state index contributed by atoms with van der Waals surface area (Å²) in [6, 6.07) is 15.9. The number of para-hydroxylation sites is 1. The van der Waals surface area contributed by atoms with E-state index in [2.05, 4.69) is 0 Å². The number of halogens is 1. The van der Waals surface area contributed by atoms with E-state index in [9.17, 15) is 0 Å². The molecule has 0 saturated heterocycles. The summed E-state index contributed by atoms with van der Waals surface area (Å²) in [6.07, 6.45) is 0.713. The molecule has 108 valence electrons. The molecular weight excluding hydrogens is 274 g/mol. The van der Waals surface area contributed by atoms with Gasteiger partial charge in [0.15, 0.2) is 11.5 Å². The van der Waals surface area contributed by atoms with Crippen LogP contribution in [0.5, 0.6) is 11.5 Å². The van der Waals surface area contributed by atoms with Crippen molar-refractivity contribution in [2.24, 2.45) is 5.73 Å².